The van der Waals surface area contributed by atoms with E-state index in [4.69, 9.17) is 5.73 Å². The molecular formula is C13H15F3N2O2. The van der Waals surface area contributed by atoms with Crippen molar-refractivity contribution in [3.05, 3.63) is 35.1 Å². The molecule has 0 spiro atoms. The predicted octanol–water partition coefficient (Wildman–Crippen LogP) is 1.83. The van der Waals surface area contributed by atoms with Crippen molar-refractivity contribution in [2.45, 2.75) is 19.8 Å². The summed E-state index contributed by atoms with van der Waals surface area (Å²) in [5.41, 5.74) is 4.66. The largest absolute Gasteiger partial charge is 0.368 e. The van der Waals surface area contributed by atoms with Crippen LogP contribution in [0.15, 0.2) is 12.1 Å². The second kappa shape index (κ2) is 6.93. The third-order valence-electron chi connectivity index (χ3n) is 2.65. The molecule has 0 atom stereocenters. The van der Waals surface area contributed by atoms with E-state index in [0.717, 1.165) is 11.3 Å². The maximum atomic E-state index is 13.1. The number of carbonyl (C=O) groups is 2. The van der Waals surface area contributed by atoms with Crippen LogP contribution in [0.3, 0.4) is 0 Å². The second-order valence-corrected chi connectivity index (χ2v) is 4.30. The van der Waals surface area contributed by atoms with Gasteiger partial charge < -0.3 is 10.6 Å². The highest BCUT2D eigenvalue weighted by Crippen LogP contribution is 2.15. The van der Waals surface area contributed by atoms with E-state index >= 15 is 0 Å². The molecule has 0 aliphatic carbocycles. The average Bonchev–Trinajstić information content (AvgIpc) is 2.39. The molecule has 7 heteroatoms. The second-order valence-electron chi connectivity index (χ2n) is 4.30. The third kappa shape index (κ3) is 3.97. The first-order valence-electron chi connectivity index (χ1n) is 6.09. The van der Waals surface area contributed by atoms with Crippen LogP contribution >= 0.6 is 0 Å². The van der Waals surface area contributed by atoms with E-state index in [-0.39, 0.29) is 18.7 Å². The zero-order chi connectivity index (χ0) is 15.3. The van der Waals surface area contributed by atoms with Crippen LogP contribution in [0.5, 0.6) is 0 Å². The number of nitrogens with zero attached hydrogens (tertiary/aromatic N) is 1. The van der Waals surface area contributed by atoms with Gasteiger partial charge in [0.25, 0.3) is 5.91 Å². The molecule has 1 aromatic rings. The molecule has 0 radical (unpaired) electrons. The summed E-state index contributed by atoms with van der Waals surface area (Å²) in [7, 11) is 0. The number of rotatable bonds is 6. The van der Waals surface area contributed by atoms with Gasteiger partial charge in [0.2, 0.25) is 5.91 Å². The minimum Gasteiger partial charge on any atom is -0.368 e. The normalized spacial score (nSPS) is 10.4. The lowest BCUT2D eigenvalue weighted by atomic mass is 10.1. The summed E-state index contributed by atoms with van der Waals surface area (Å²) in [6.45, 7) is 1.74. The van der Waals surface area contributed by atoms with Crippen LogP contribution in [-0.4, -0.2) is 29.8 Å². The number of benzene rings is 1. The Hall–Kier alpha value is -2.05. The van der Waals surface area contributed by atoms with Crippen molar-refractivity contribution in [1.82, 2.24) is 4.90 Å². The van der Waals surface area contributed by atoms with Gasteiger partial charge >= 0.3 is 0 Å². The minimum absolute atomic E-state index is 0.221. The number of halogens is 3. The Morgan fingerprint density at radius 1 is 1.20 bits per heavy atom. The number of unbranched alkanes of at least 4 members (excludes halogenated alkanes) is 1. The van der Waals surface area contributed by atoms with Gasteiger partial charge in [0.15, 0.2) is 17.5 Å². The Balaban J connectivity index is 3.01. The molecule has 2 N–H and O–H groups in total. The quantitative estimate of drug-likeness (QED) is 0.812. The summed E-state index contributed by atoms with van der Waals surface area (Å²) in [6, 6.07) is 1.20. The van der Waals surface area contributed by atoms with Gasteiger partial charge in [0.05, 0.1) is 6.54 Å². The Morgan fingerprint density at radius 2 is 1.75 bits per heavy atom. The van der Waals surface area contributed by atoms with E-state index in [2.05, 4.69) is 0 Å². The molecule has 20 heavy (non-hydrogen) atoms. The first-order chi connectivity index (χ1) is 9.36. The maximum Gasteiger partial charge on any atom is 0.254 e. The van der Waals surface area contributed by atoms with Gasteiger partial charge in [0, 0.05) is 12.1 Å². The molecule has 0 aliphatic heterocycles. The highest BCUT2D eigenvalue weighted by molar-refractivity contribution is 5.96. The van der Waals surface area contributed by atoms with Gasteiger partial charge in [0.1, 0.15) is 0 Å². The van der Waals surface area contributed by atoms with Crippen molar-refractivity contribution >= 4 is 11.8 Å². The van der Waals surface area contributed by atoms with Crippen LogP contribution in [0.2, 0.25) is 0 Å². The van der Waals surface area contributed by atoms with Gasteiger partial charge in [-0.25, -0.2) is 13.2 Å². The minimum atomic E-state index is -1.64. The molecule has 0 saturated carbocycles. The molecule has 1 aromatic carbocycles. The van der Waals surface area contributed by atoms with Crippen LogP contribution in [0.25, 0.3) is 0 Å². The molecular weight excluding hydrogens is 273 g/mol. The van der Waals surface area contributed by atoms with Crippen molar-refractivity contribution in [1.29, 1.82) is 0 Å². The van der Waals surface area contributed by atoms with Gasteiger partial charge in [-0.15, -0.1) is 0 Å². The summed E-state index contributed by atoms with van der Waals surface area (Å²) in [5.74, 6) is -6.06. The fourth-order valence-corrected chi connectivity index (χ4v) is 1.65. The lowest BCUT2D eigenvalue weighted by Crippen LogP contribution is -2.39. The summed E-state index contributed by atoms with van der Waals surface area (Å²) >= 11 is 0. The Bertz CT molecular complexity index is 497. The van der Waals surface area contributed by atoms with E-state index in [1.807, 2.05) is 6.92 Å². The Morgan fingerprint density at radius 3 is 2.20 bits per heavy atom. The summed E-state index contributed by atoms with van der Waals surface area (Å²) in [5, 5.41) is 0. The summed E-state index contributed by atoms with van der Waals surface area (Å²) < 4.78 is 39.0. The molecule has 0 heterocycles. The Kier molecular flexibility index (Phi) is 5.54. The van der Waals surface area contributed by atoms with Crippen LogP contribution < -0.4 is 5.73 Å². The van der Waals surface area contributed by atoms with E-state index in [1.165, 1.54) is 0 Å². The van der Waals surface area contributed by atoms with Crippen molar-refractivity contribution in [3.63, 3.8) is 0 Å². The van der Waals surface area contributed by atoms with E-state index < -0.39 is 29.3 Å². The fourth-order valence-electron chi connectivity index (χ4n) is 1.65. The first kappa shape index (κ1) is 16.0. The molecule has 0 bridgehead atoms. The number of hydrogen-bond acceptors (Lipinski definition) is 2. The highest BCUT2D eigenvalue weighted by atomic mass is 19.2. The molecule has 2 amide bonds. The topological polar surface area (TPSA) is 63.4 Å². The standard InChI is InChI=1S/C13H15F3N2O2/c1-2-3-4-18(7-11(17)19)13(20)8-5-9(14)12(16)10(15)6-8/h5-6H,2-4,7H2,1H3,(H2,17,19). The molecule has 0 fully saturated rings. The number of carbonyl (C=O) groups excluding carboxylic acids is 2. The first-order valence-corrected chi connectivity index (χ1v) is 6.09. The van der Waals surface area contributed by atoms with Crippen LogP contribution in [0.4, 0.5) is 13.2 Å². The smallest absolute Gasteiger partial charge is 0.254 e. The molecule has 0 aliphatic rings. The molecule has 110 valence electrons. The van der Waals surface area contributed by atoms with Crippen LogP contribution in [-0.2, 0) is 4.79 Å². The number of nitrogens with two attached hydrogens (primary N) is 1. The predicted molar refractivity (Wildman–Crippen MR) is 66.3 cm³/mol. The highest BCUT2D eigenvalue weighted by Gasteiger charge is 2.21. The third-order valence-corrected chi connectivity index (χ3v) is 2.65. The van der Waals surface area contributed by atoms with E-state index in [9.17, 15) is 22.8 Å². The monoisotopic (exact) mass is 288 g/mol. The summed E-state index contributed by atoms with van der Waals surface area (Å²) in [6.07, 6.45) is 1.36. The zero-order valence-electron chi connectivity index (χ0n) is 11.0. The van der Waals surface area contributed by atoms with Crippen LogP contribution in [0, 0.1) is 17.5 Å². The van der Waals surface area contributed by atoms with Crippen molar-refractivity contribution < 1.29 is 22.8 Å². The molecule has 0 saturated heterocycles. The molecule has 0 aromatic heterocycles. The van der Waals surface area contributed by atoms with Crippen molar-refractivity contribution in [2.75, 3.05) is 13.1 Å². The lowest BCUT2D eigenvalue weighted by molar-refractivity contribution is -0.118. The van der Waals surface area contributed by atoms with E-state index in [0.29, 0.717) is 18.6 Å². The zero-order valence-corrected chi connectivity index (χ0v) is 11.0. The summed E-state index contributed by atoms with van der Waals surface area (Å²) in [4.78, 5) is 24.1. The fraction of sp³-hybridized carbons (Fsp3) is 0.385. The van der Waals surface area contributed by atoms with Crippen molar-refractivity contribution in [3.8, 4) is 0 Å². The SMILES string of the molecule is CCCCN(CC(N)=O)C(=O)c1cc(F)c(F)c(F)c1. The van der Waals surface area contributed by atoms with Crippen molar-refractivity contribution in [2.24, 2.45) is 5.73 Å². The van der Waals surface area contributed by atoms with Gasteiger partial charge in [-0.2, -0.15) is 0 Å². The van der Waals surface area contributed by atoms with Crippen LogP contribution in [0.1, 0.15) is 30.1 Å². The van der Waals surface area contributed by atoms with Gasteiger partial charge in [-0.3, -0.25) is 9.59 Å². The average molecular weight is 288 g/mol. The number of primary amides is 1. The molecule has 0 unspecified atom stereocenters. The van der Waals surface area contributed by atoms with E-state index in [1.54, 1.807) is 0 Å². The Labute approximate surface area is 114 Å². The maximum absolute atomic E-state index is 13.1. The number of hydrogen-bond donors (Lipinski definition) is 1. The lowest BCUT2D eigenvalue weighted by Gasteiger charge is -2.21. The van der Waals surface area contributed by atoms with Gasteiger partial charge in [-0.05, 0) is 18.6 Å². The molecule has 1 rings (SSSR count). The van der Waals surface area contributed by atoms with Gasteiger partial charge in [-0.1, -0.05) is 13.3 Å². The number of amides is 2. The molecule has 4 nitrogen and oxygen atoms in total.